The number of rotatable bonds is 9. The fourth-order valence-electron chi connectivity index (χ4n) is 2.66. The number of sulfonamides is 1. The monoisotopic (exact) mass is 458 g/mol. The molecular formula is C20H24ClFN2O3S2. The maximum absolute atomic E-state index is 13.7. The van der Waals surface area contributed by atoms with Crippen molar-refractivity contribution < 1.29 is 17.6 Å². The number of nitrogens with zero attached hydrogens (tertiary/aromatic N) is 1. The van der Waals surface area contributed by atoms with Gasteiger partial charge in [-0.1, -0.05) is 29.8 Å². The van der Waals surface area contributed by atoms with Gasteiger partial charge < -0.3 is 5.32 Å². The van der Waals surface area contributed by atoms with Crippen molar-refractivity contribution in [2.45, 2.75) is 19.6 Å². The minimum absolute atomic E-state index is 0.299. The topological polar surface area (TPSA) is 66.5 Å². The number of amides is 1. The molecule has 0 aliphatic rings. The number of carbonyl (C=O) groups is 1. The molecule has 0 bridgehead atoms. The number of benzene rings is 2. The van der Waals surface area contributed by atoms with Crippen molar-refractivity contribution in [2.75, 3.05) is 29.4 Å². The molecule has 5 nitrogen and oxygen atoms in total. The lowest BCUT2D eigenvalue weighted by Crippen LogP contribution is -2.41. The largest absolute Gasteiger partial charge is 0.354 e. The van der Waals surface area contributed by atoms with Gasteiger partial charge in [-0.25, -0.2) is 12.8 Å². The summed E-state index contributed by atoms with van der Waals surface area (Å²) < 4.78 is 39.3. The van der Waals surface area contributed by atoms with Crippen molar-refractivity contribution >= 4 is 45.0 Å². The van der Waals surface area contributed by atoms with E-state index < -0.39 is 15.9 Å². The molecule has 158 valence electrons. The number of thioether (sulfide) groups is 1. The van der Waals surface area contributed by atoms with Crippen LogP contribution in [0.3, 0.4) is 0 Å². The molecule has 0 atom stereocenters. The number of aryl methyl sites for hydroxylation is 2. The normalized spacial score (nSPS) is 11.3. The predicted octanol–water partition coefficient (Wildman–Crippen LogP) is 3.91. The van der Waals surface area contributed by atoms with E-state index in [0.717, 1.165) is 21.7 Å². The number of hydrogen-bond donors (Lipinski definition) is 1. The zero-order valence-corrected chi connectivity index (χ0v) is 18.9. The van der Waals surface area contributed by atoms with Gasteiger partial charge in [0.1, 0.15) is 12.4 Å². The Morgan fingerprint density at radius 2 is 1.97 bits per heavy atom. The highest BCUT2D eigenvalue weighted by atomic mass is 35.5. The van der Waals surface area contributed by atoms with Crippen molar-refractivity contribution in [2.24, 2.45) is 0 Å². The summed E-state index contributed by atoms with van der Waals surface area (Å²) in [4.78, 5) is 12.3. The van der Waals surface area contributed by atoms with Gasteiger partial charge >= 0.3 is 0 Å². The Bertz CT molecular complexity index is 963. The molecule has 0 fully saturated rings. The van der Waals surface area contributed by atoms with Crippen LogP contribution in [-0.4, -0.2) is 39.4 Å². The SMILES string of the molecule is Cc1ccc(C)c(N(CC(=O)NCCSCc2c(F)cccc2Cl)S(C)(=O)=O)c1. The molecule has 0 aromatic heterocycles. The Morgan fingerprint density at radius 1 is 1.24 bits per heavy atom. The van der Waals surface area contributed by atoms with Crippen molar-refractivity contribution in [3.63, 3.8) is 0 Å². The molecule has 29 heavy (non-hydrogen) atoms. The van der Waals surface area contributed by atoms with E-state index in [-0.39, 0.29) is 12.4 Å². The summed E-state index contributed by atoms with van der Waals surface area (Å²) in [7, 11) is -3.62. The van der Waals surface area contributed by atoms with E-state index in [1.807, 2.05) is 19.1 Å². The Hall–Kier alpha value is -1.77. The standard InChI is InChI=1S/C20H24ClFN2O3S2/c1-14-7-8-15(2)19(11-14)24(29(3,26)27)12-20(25)23-9-10-28-13-16-17(21)5-4-6-18(16)22/h4-8,11H,9-10,12-13H2,1-3H3,(H,23,25). The number of hydrogen-bond acceptors (Lipinski definition) is 4. The van der Waals surface area contributed by atoms with E-state index in [9.17, 15) is 17.6 Å². The maximum Gasteiger partial charge on any atom is 0.240 e. The lowest BCUT2D eigenvalue weighted by molar-refractivity contribution is -0.119. The Labute approximate surface area is 180 Å². The summed E-state index contributed by atoms with van der Waals surface area (Å²) in [5.41, 5.74) is 2.60. The van der Waals surface area contributed by atoms with Gasteiger partial charge in [-0.15, -0.1) is 0 Å². The zero-order valence-electron chi connectivity index (χ0n) is 16.5. The second-order valence-electron chi connectivity index (χ2n) is 6.66. The predicted molar refractivity (Wildman–Crippen MR) is 119 cm³/mol. The van der Waals surface area contributed by atoms with Crippen LogP contribution >= 0.6 is 23.4 Å². The van der Waals surface area contributed by atoms with Crippen molar-refractivity contribution in [1.82, 2.24) is 5.32 Å². The second-order valence-corrected chi connectivity index (χ2v) is 10.1. The van der Waals surface area contributed by atoms with Crippen LogP contribution in [-0.2, 0) is 20.6 Å². The first-order valence-electron chi connectivity index (χ1n) is 8.92. The average Bonchev–Trinajstić information content (AvgIpc) is 2.63. The molecule has 2 rings (SSSR count). The van der Waals surface area contributed by atoms with Crippen molar-refractivity contribution in [3.8, 4) is 0 Å². The van der Waals surface area contributed by atoms with Gasteiger partial charge in [0.15, 0.2) is 0 Å². The first-order chi connectivity index (χ1) is 13.6. The Balaban J connectivity index is 1.90. The minimum Gasteiger partial charge on any atom is -0.354 e. The van der Waals surface area contributed by atoms with E-state index in [2.05, 4.69) is 5.32 Å². The van der Waals surface area contributed by atoms with Crippen LogP contribution in [0.4, 0.5) is 10.1 Å². The van der Waals surface area contributed by atoms with Gasteiger partial charge in [0.25, 0.3) is 0 Å². The highest BCUT2D eigenvalue weighted by molar-refractivity contribution is 7.98. The first-order valence-corrected chi connectivity index (χ1v) is 12.3. The molecule has 2 aromatic rings. The fraction of sp³-hybridized carbons (Fsp3) is 0.350. The quantitative estimate of drug-likeness (QED) is 0.578. The van der Waals surface area contributed by atoms with Crippen LogP contribution in [0.2, 0.25) is 5.02 Å². The molecule has 9 heteroatoms. The molecule has 0 radical (unpaired) electrons. The van der Waals surface area contributed by atoms with Gasteiger partial charge in [-0.3, -0.25) is 9.10 Å². The molecular weight excluding hydrogens is 435 g/mol. The third kappa shape index (κ3) is 6.90. The smallest absolute Gasteiger partial charge is 0.240 e. The van der Waals surface area contributed by atoms with Crippen LogP contribution in [0.15, 0.2) is 36.4 Å². The molecule has 0 aliphatic heterocycles. The van der Waals surface area contributed by atoms with Gasteiger partial charge in [0.05, 0.1) is 11.9 Å². The van der Waals surface area contributed by atoms with Gasteiger partial charge in [0.2, 0.25) is 15.9 Å². The highest BCUT2D eigenvalue weighted by Gasteiger charge is 2.22. The number of anilines is 1. The zero-order chi connectivity index (χ0) is 21.6. The number of halogens is 2. The number of carbonyl (C=O) groups excluding carboxylic acids is 1. The third-order valence-corrected chi connectivity index (χ3v) is 6.66. The van der Waals surface area contributed by atoms with Crippen LogP contribution in [0.1, 0.15) is 16.7 Å². The fourth-order valence-corrected chi connectivity index (χ4v) is 4.77. The summed E-state index contributed by atoms with van der Waals surface area (Å²) in [5.74, 6) is 0.171. The van der Waals surface area contributed by atoms with E-state index in [0.29, 0.717) is 34.3 Å². The molecule has 1 N–H and O–H groups in total. The van der Waals surface area contributed by atoms with Crippen LogP contribution in [0.25, 0.3) is 0 Å². The van der Waals surface area contributed by atoms with E-state index in [1.165, 1.54) is 17.8 Å². The summed E-state index contributed by atoms with van der Waals surface area (Å²) >= 11 is 7.42. The average molecular weight is 459 g/mol. The summed E-state index contributed by atoms with van der Waals surface area (Å²) in [5, 5.41) is 3.09. The Morgan fingerprint density at radius 3 is 2.62 bits per heavy atom. The molecule has 0 spiro atoms. The molecule has 0 saturated carbocycles. The maximum atomic E-state index is 13.7. The molecule has 1 amide bonds. The lowest BCUT2D eigenvalue weighted by Gasteiger charge is -2.24. The molecule has 0 unspecified atom stereocenters. The molecule has 0 heterocycles. The van der Waals surface area contributed by atoms with Crippen molar-refractivity contribution in [3.05, 3.63) is 63.9 Å². The van der Waals surface area contributed by atoms with Crippen LogP contribution < -0.4 is 9.62 Å². The van der Waals surface area contributed by atoms with Gasteiger partial charge in [0, 0.05) is 28.6 Å². The minimum atomic E-state index is -3.62. The van der Waals surface area contributed by atoms with Gasteiger partial charge in [-0.05, 0) is 43.2 Å². The summed E-state index contributed by atoms with van der Waals surface area (Å²) in [6, 6.07) is 10.0. The third-order valence-electron chi connectivity index (χ3n) is 4.20. The highest BCUT2D eigenvalue weighted by Crippen LogP contribution is 2.24. The van der Waals surface area contributed by atoms with Gasteiger partial charge in [-0.2, -0.15) is 11.8 Å². The number of nitrogens with one attached hydrogen (secondary N) is 1. The Kier molecular flexibility index (Phi) is 8.36. The molecule has 0 saturated heterocycles. The molecule has 0 aliphatic carbocycles. The van der Waals surface area contributed by atoms with E-state index >= 15 is 0 Å². The van der Waals surface area contributed by atoms with Crippen LogP contribution in [0.5, 0.6) is 0 Å². The molecule has 2 aromatic carbocycles. The van der Waals surface area contributed by atoms with E-state index in [1.54, 1.807) is 25.1 Å². The van der Waals surface area contributed by atoms with E-state index in [4.69, 9.17) is 11.6 Å². The first kappa shape index (κ1) is 23.5. The van der Waals surface area contributed by atoms with Crippen LogP contribution in [0, 0.1) is 19.7 Å². The lowest BCUT2D eigenvalue weighted by atomic mass is 10.1. The van der Waals surface area contributed by atoms with Crippen molar-refractivity contribution in [1.29, 1.82) is 0 Å². The summed E-state index contributed by atoms with van der Waals surface area (Å²) in [6.07, 6.45) is 1.08. The summed E-state index contributed by atoms with van der Waals surface area (Å²) in [6.45, 7) is 3.70. The second kappa shape index (κ2) is 10.3.